The molecular weight excluding hydrogens is 306 g/mol. The summed E-state index contributed by atoms with van der Waals surface area (Å²) in [5.74, 6) is 0. The second-order valence-electron chi connectivity index (χ2n) is 5.43. The Labute approximate surface area is 134 Å². The van der Waals surface area contributed by atoms with Crippen molar-refractivity contribution in [3.05, 3.63) is 34.7 Å². The molecule has 2 atom stereocenters. The number of ether oxygens (including phenoxy) is 1. The van der Waals surface area contributed by atoms with Gasteiger partial charge in [0, 0.05) is 6.04 Å². The Morgan fingerprint density at radius 3 is 2.86 bits per heavy atom. The van der Waals surface area contributed by atoms with E-state index in [9.17, 15) is 9.59 Å². The molecule has 2 unspecified atom stereocenters. The topological polar surface area (TPSA) is 76.1 Å². The maximum atomic E-state index is 12.3. The van der Waals surface area contributed by atoms with Crippen molar-refractivity contribution in [1.82, 2.24) is 14.9 Å². The van der Waals surface area contributed by atoms with E-state index in [1.807, 2.05) is 13.0 Å². The lowest BCUT2D eigenvalue weighted by Gasteiger charge is -2.28. The molecule has 0 bridgehead atoms. The fraction of sp³-hybridized carbons (Fsp3) is 0.467. The minimum Gasteiger partial charge on any atom is -0.444 e. The van der Waals surface area contributed by atoms with Crippen LogP contribution in [-0.4, -0.2) is 34.3 Å². The number of aromatic amines is 1. The smallest absolute Gasteiger partial charge is 0.423 e. The largest absolute Gasteiger partial charge is 0.444 e. The van der Waals surface area contributed by atoms with Gasteiger partial charge in [-0.3, -0.25) is 0 Å². The third kappa shape index (κ3) is 3.18. The summed E-state index contributed by atoms with van der Waals surface area (Å²) in [4.78, 5) is 26.9. The van der Waals surface area contributed by atoms with E-state index in [-0.39, 0.29) is 24.6 Å². The zero-order chi connectivity index (χ0) is 14.8. The normalized spacial score (nSPS) is 19.4. The van der Waals surface area contributed by atoms with Gasteiger partial charge < -0.3 is 15.0 Å². The molecule has 1 saturated heterocycles. The van der Waals surface area contributed by atoms with Gasteiger partial charge in [0.2, 0.25) is 0 Å². The maximum absolute atomic E-state index is 12.3. The highest BCUT2D eigenvalue weighted by Gasteiger charge is 2.24. The number of fused-ring (bicyclic) bond motifs is 1. The van der Waals surface area contributed by atoms with E-state index in [2.05, 4.69) is 10.3 Å². The second-order valence-corrected chi connectivity index (χ2v) is 5.43. The Bertz CT molecular complexity index is 703. The number of para-hydroxylation sites is 2. The summed E-state index contributed by atoms with van der Waals surface area (Å²) >= 11 is 0. The molecule has 2 heterocycles. The van der Waals surface area contributed by atoms with Crippen molar-refractivity contribution in [3.63, 3.8) is 0 Å². The Morgan fingerprint density at radius 1 is 1.36 bits per heavy atom. The summed E-state index contributed by atoms with van der Waals surface area (Å²) in [6.07, 6.45) is 2.37. The number of nitrogens with zero attached hydrogens (tertiary/aromatic N) is 1. The summed E-state index contributed by atoms with van der Waals surface area (Å²) in [6.45, 7) is 2.81. The zero-order valence-corrected chi connectivity index (χ0v) is 13.2. The van der Waals surface area contributed by atoms with Crippen LogP contribution >= 0.6 is 12.4 Å². The van der Waals surface area contributed by atoms with E-state index in [0.29, 0.717) is 11.0 Å². The fourth-order valence-corrected chi connectivity index (χ4v) is 2.81. The molecule has 1 fully saturated rings. The van der Waals surface area contributed by atoms with Gasteiger partial charge in [0.05, 0.1) is 11.0 Å². The van der Waals surface area contributed by atoms with Crippen molar-refractivity contribution in [2.75, 3.05) is 6.54 Å². The first-order chi connectivity index (χ1) is 10.2. The molecule has 7 heteroatoms. The van der Waals surface area contributed by atoms with Gasteiger partial charge in [-0.2, -0.15) is 4.57 Å². The number of carbonyl (C=O) groups excluding carboxylic acids is 1. The number of hydrogen-bond donors (Lipinski definition) is 2. The van der Waals surface area contributed by atoms with Crippen molar-refractivity contribution in [2.24, 2.45) is 0 Å². The number of benzene rings is 1. The molecule has 120 valence electrons. The van der Waals surface area contributed by atoms with Crippen LogP contribution in [0.25, 0.3) is 11.0 Å². The molecule has 3 rings (SSSR count). The molecule has 0 saturated carbocycles. The van der Waals surface area contributed by atoms with Crippen LogP contribution in [0.3, 0.4) is 0 Å². The number of carbonyl (C=O) groups is 1. The van der Waals surface area contributed by atoms with Crippen molar-refractivity contribution >= 4 is 29.5 Å². The molecule has 1 aliphatic rings. The van der Waals surface area contributed by atoms with Crippen LogP contribution < -0.4 is 11.0 Å². The van der Waals surface area contributed by atoms with Crippen LogP contribution in [0.15, 0.2) is 29.1 Å². The fourth-order valence-electron chi connectivity index (χ4n) is 2.81. The Hall–Kier alpha value is -1.79. The van der Waals surface area contributed by atoms with Gasteiger partial charge in [0.1, 0.15) is 6.10 Å². The highest BCUT2D eigenvalue weighted by Crippen LogP contribution is 2.14. The highest BCUT2D eigenvalue weighted by molar-refractivity contribution is 5.86. The highest BCUT2D eigenvalue weighted by atomic mass is 35.5. The lowest BCUT2D eigenvalue weighted by atomic mass is 10.0. The molecule has 6 nitrogen and oxygen atoms in total. The van der Waals surface area contributed by atoms with Gasteiger partial charge in [0.25, 0.3) is 0 Å². The number of aromatic nitrogens is 2. The van der Waals surface area contributed by atoms with Gasteiger partial charge in [-0.1, -0.05) is 18.6 Å². The monoisotopic (exact) mass is 325 g/mol. The molecule has 0 amide bonds. The summed E-state index contributed by atoms with van der Waals surface area (Å²) in [6, 6.07) is 7.22. The number of hydrogen-bond acceptors (Lipinski definition) is 4. The minimum absolute atomic E-state index is 0. The number of rotatable bonds is 2. The van der Waals surface area contributed by atoms with Crippen LogP contribution in [0.1, 0.15) is 26.2 Å². The molecule has 0 spiro atoms. The van der Waals surface area contributed by atoms with Gasteiger partial charge in [0.15, 0.2) is 0 Å². The maximum Gasteiger partial charge on any atom is 0.423 e. The van der Waals surface area contributed by atoms with Gasteiger partial charge >= 0.3 is 11.8 Å². The molecule has 1 aromatic carbocycles. The molecule has 1 aromatic heterocycles. The van der Waals surface area contributed by atoms with Gasteiger partial charge in [-0.15, -0.1) is 12.4 Å². The second kappa shape index (κ2) is 6.98. The standard InChI is InChI=1S/C15H19N3O3.ClH/c1-10(11-6-4-5-9-16-11)21-15(20)18-13-8-3-2-7-12(13)17-14(18)19;/h2-3,7-8,10-11,16H,4-6,9H2,1H3,(H,17,19);1H. The first-order valence-electron chi connectivity index (χ1n) is 7.31. The van der Waals surface area contributed by atoms with Crippen LogP contribution in [0.4, 0.5) is 4.79 Å². The van der Waals surface area contributed by atoms with Crippen LogP contribution in [0, 0.1) is 0 Å². The van der Waals surface area contributed by atoms with E-state index in [1.165, 1.54) is 0 Å². The van der Waals surface area contributed by atoms with Crippen molar-refractivity contribution < 1.29 is 9.53 Å². The van der Waals surface area contributed by atoms with E-state index < -0.39 is 11.8 Å². The average molecular weight is 326 g/mol. The number of piperidine rings is 1. The van der Waals surface area contributed by atoms with Crippen molar-refractivity contribution in [3.8, 4) is 0 Å². The van der Waals surface area contributed by atoms with E-state index in [1.54, 1.807) is 18.2 Å². The summed E-state index contributed by atoms with van der Waals surface area (Å²) in [5, 5.41) is 3.35. The first-order valence-corrected chi connectivity index (χ1v) is 7.31. The lowest BCUT2D eigenvalue weighted by molar-refractivity contribution is 0.0782. The lowest BCUT2D eigenvalue weighted by Crippen LogP contribution is -2.44. The van der Waals surface area contributed by atoms with Gasteiger partial charge in [-0.05, 0) is 38.4 Å². The van der Waals surface area contributed by atoms with E-state index in [4.69, 9.17) is 4.74 Å². The Morgan fingerprint density at radius 2 is 2.14 bits per heavy atom. The average Bonchev–Trinajstić information content (AvgIpc) is 2.83. The minimum atomic E-state index is -0.627. The molecule has 0 radical (unpaired) electrons. The molecule has 2 N–H and O–H groups in total. The summed E-state index contributed by atoms with van der Waals surface area (Å²) < 4.78 is 6.51. The van der Waals surface area contributed by atoms with Crippen LogP contribution in [0.2, 0.25) is 0 Å². The van der Waals surface area contributed by atoms with Gasteiger partial charge in [-0.25, -0.2) is 9.59 Å². The first kappa shape index (κ1) is 16.6. The number of imidazole rings is 1. The molecule has 2 aromatic rings. The zero-order valence-electron chi connectivity index (χ0n) is 12.4. The molecular formula is C15H20ClN3O3. The summed E-state index contributed by atoms with van der Waals surface area (Å²) in [7, 11) is 0. The quantitative estimate of drug-likeness (QED) is 0.888. The molecule has 22 heavy (non-hydrogen) atoms. The third-order valence-electron chi connectivity index (χ3n) is 3.97. The Balaban J connectivity index is 0.00000176. The SMILES string of the molecule is CC(OC(=O)n1c(=O)[nH]c2ccccc21)C1CCCCN1.Cl. The van der Waals surface area contributed by atoms with Crippen LogP contribution in [-0.2, 0) is 4.74 Å². The molecule has 1 aliphatic heterocycles. The third-order valence-corrected chi connectivity index (χ3v) is 3.97. The predicted octanol–water partition coefficient (Wildman–Crippen LogP) is 2.27. The van der Waals surface area contributed by atoms with Crippen molar-refractivity contribution in [2.45, 2.75) is 38.3 Å². The number of H-pyrrole nitrogens is 1. The Kier molecular flexibility index (Phi) is 5.26. The summed E-state index contributed by atoms with van der Waals surface area (Å²) in [5.41, 5.74) is 0.698. The number of nitrogens with one attached hydrogen (secondary N) is 2. The number of halogens is 1. The van der Waals surface area contributed by atoms with E-state index in [0.717, 1.165) is 30.4 Å². The van der Waals surface area contributed by atoms with E-state index >= 15 is 0 Å². The predicted molar refractivity (Wildman–Crippen MR) is 86.8 cm³/mol. The van der Waals surface area contributed by atoms with Crippen LogP contribution in [0.5, 0.6) is 0 Å². The molecule has 0 aliphatic carbocycles. The van der Waals surface area contributed by atoms with Crippen molar-refractivity contribution in [1.29, 1.82) is 0 Å².